The van der Waals surface area contributed by atoms with E-state index in [4.69, 9.17) is 14.8 Å². The Morgan fingerprint density at radius 2 is 2.06 bits per heavy atom. The number of nitrogens with zero attached hydrogens (tertiary/aromatic N) is 6. The van der Waals surface area contributed by atoms with Crippen LogP contribution in [0.4, 0.5) is 0 Å². The molecule has 5 heterocycles. The highest BCUT2D eigenvalue weighted by atomic mass is 16.5. The van der Waals surface area contributed by atoms with Crippen molar-refractivity contribution in [2.24, 2.45) is 7.05 Å². The second-order valence-electron chi connectivity index (χ2n) is 8.16. The molecule has 31 heavy (non-hydrogen) atoms. The minimum Gasteiger partial charge on any atom is -0.496 e. The van der Waals surface area contributed by atoms with Gasteiger partial charge in [0.2, 0.25) is 0 Å². The Labute approximate surface area is 179 Å². The average molecular weight is 414 g/mol. The third-order valence-electron chi connectivity index (χ3n) is 6.56. The number of fused-ring (bicyclic) bond motifs is 6. The molecule has 2 atom stereocenters. The number of rotatable bonds is 3. The zero-order valence-electron chi connectivity index (χ0n) is 17.4. The van der Waals surface area contributed by atoms with E-state index >= 15 is 0 Å². The lowest BCUT2D eigenvalue weighted by molar-refractivity contribution is 0.0631. The summed E-state index contributed by atoms with van der Waals surface area (Å²) in [6, 6.07) is 11.8. The molecule has 1 saturated heterocycles. The largest absolute Gasteiger partial charge is 0.496 e. The van der Waals surface area contributed by atoms with Gasteiger partial charge in [-0.3, -0.25) is 9.48 Å². The first-order chi connectivity index (χ1) is 15.2. The van der Waals surface area contributed by atoms with E-state index in [1.165, 1.54) is 0 Å². The number of hydrogen-bond acceptors (Lipinski definition) is 5. The van der Waals surface area contributed by atoms with Gasteiger partial charge in [-0.05, 0) is 31.0 Å². The fourth-order valence-corrected chi connectivity index (χ4v) is 5.10. The Balaban J connectivity index is 1.44. The minimum atomic E-state index is 0.0203. The first kappa shape index (κ1) is 18.1. The molecule has 2 unspecified atom stereocenters. The second-order valence-corrected chi connectivity index (χ2v) is 8.16. The van der Waals surface area contributed by atoms with Gasteiger partial charge < -0.3 is 9.64 Å². The van der Waals surface area contributed by atoms with E-state index in [0.717, 1.165) is 53.2 Å². The maximum atomic E-state index is 13.3. The van der Waals surface area contributed by atoms with Crippen LogP contribution in [0.15, 0.2) is 48.8 Å². The van der Waals surface area contributed by atoms with Gasteiger partial charge in [-0.15, -0.1) is 0 Å². The van der Waals surface area contributed by atoms with Gasteiger partial charge in [-0.1, -0.05) is 12.1 Å². The van der Waals surface area contributed by atoms with Crippen LogP contribution in [-0.2, 0) is 13.5 Å². The topological polar surface area (TPSA) is 77.6 Å². The van der Waals surface area contributed by atoms with E-state index in [9.17, 15) is 4.79 Å². The van der Waals surface area contributed by atoms with Crippen LogP contribution in [-0.4, -0.2) is 48.3 Å². The molecule has 4 aromatic rings. The minimum absolute atomic E-state index is 0.0203. The zero-order valence-corrected chi connectivity index (χ0v) is 17.4. The van der Waals surface area contributed by atoms with E-state index in [1.807, 2.05) is 45.9 Å². The maximum absolute atomic E-state index is 13.3. The van der Waals surface area contributed by atoms with Gasteiger partial charge in [-0.2, -0.15) is 10.2 Å². The molecule has 2 aliphatic heterocycles. The fourth-order valence-electron chi connectivity index (χ4n) is 5.10. The summed E-state index contributed by atoms with van der Waals surface area (Å²) in [5.74, 6) is 0.821. The van der Waals surface area contributed by atoms with Crippen molar-refractivity contribution < 1.29 is 9.53 Å². The number of ether oxygens (including phenoxy) is 1. The van der Waals surface area contributed by atoms with Gasteiger partial charge in [0.15, 0.2) is 5.65 Å². The SMILES string of the molecule is COc1ccccc1-c1cc2ncc3c(n2n1)CC1CCC3N1C(=O)c1ccnn1C. The maximum Gasteiger partial charge on any atom is 0.272 e. The van der Waals surface area contributed by atoms with Crippen molar-refractivity contribution in [1.82, 2.24) is 29.3 Å². The summed E-state index contributed by atoms with van der Waals surface area (Å²) < 4.78 is 9.11. The van der Waals surface area contributed by atoms with E-state index in [0.29, 0.717) is 5.69 Å². The van der Waals surface area contributed by atoms with Crippen LogP contribution < -0.4 is 4.74 Å². The summed E-state index contributed by atoms with van der Waals surface area (Å²) >= 11 is 0. The summed E-state index contributed by atoms with van der Waals surface area (Å²) in [5, 5.41) is 9.06. The first-order valence-corrected chi connectivity index (χ1v) is 10.5. The molecule has 3 aromatic heterocycles. The lowest BCUT2D eigenvalue weighted by atomic mass is 9.98. The van der Waals surface area contributed by atoms with Gasteiger partial charge in [0.1, 0.15) is 11.4 Å². The van der Waals surface area contributed by atoms with Crippen molar-refractivity contribution in [3.63, 3.8) is 0 Å². The van der Waals surface area contributed by atoms with Gasteiger partial charge in [-0.25, -0.2) is 9.50 Å². The summed E-state index contributed by atoms with van der Waals surface area (Å²) in [5.41, 5.74) is 5.44. The molecule has 0 saturated carbocycles. The molecule has 6 rings (SSSR count). The Kier molecular flexibility index (Phi) is 3.89. The average Bonchev–Trinajstić information content (AvgIpc) is 3.50. The molecule has 1 fully saturated rings. The molecule has 0 spiro atoms. The molecule has 1 aromatic carbocycles. The second kappa shape index (κ2) is 6.66. The summed E-state index contributed by atoms with van der Waals surface area (Å²) in [7, 11) is 3.47. The molecular formula is C23H22N6O2. The van der Waals surface area contributed by atoms with E-state index in [1.54, 1.807) is 31.1 Å². The molecule has 0 aliphatic carbocycles. The van der Waals surface area contributed by atoms with E-state index in [2.05, 4.69) is 5.10 Å². The van der Waals surface area contributed by atoms with Gasteiger partial charge >= 0.3 is 0 Å². The quantitative estimate of drug-likeness (QED) is 0.515. The van der Waals surface area contributed by atoms with Crippen LogP contribution in [0.25, 0.3) is 16.9 Å². The van der Waals surface area contributed by atoms with Crippen molar-refractivity contribution in [1.29, 1.82) is 0 Å². The summed E-state index contributed by atoms with van der Waals surface area (Å²) in [4.78, 5) is 20.0. The van der Waals surface area contributed by atoms with Crippen molar-refractivity contribution in [2.45, 2.75) is 31.3 Å². The number of benzene rings is 1. The molecule has 8 nitrogen and oxygen atoms in total. The Hall–Kier alpha value is -3.68. The smallest absolute Gasteiger partial charge is 0.272 e. The third-order valence-corrected chi connectivity index (χ3v) is 6.56. The highest BCUT2D eigenvalue weighted by molar-refractivity contribution is 5.93. The molecule has 8 heteroatoms. The number of methoxy groups -OCH3 is 1. The Morgan fingerprint density at radius 1 is 1.19 bits per heavy atom. The predicted octanol–water partition coefficient (Wildman–Crippen LogP) is 3.04. The lowest BCUT2D eigenvalue weighted by Gasteiger charge is -2.36. The van der Waals surface area contributed by atoms with Crippen LogP contribution in [0.2, 0.25) is 0 Å². The van der Waals surface area contributed by atoms with Gasteiger partial charge in [0.05, 0.1) is 24.5 Å². The van der Waals surface area contributed by atoms with Crippen LogP contribution >= 0.6 is 0 Å². The molecule has 0 radical (unpaired) electrons. The standard InChI is InChI=1S/C23H22N6O2/c1-27-19(9-10-25-27)23(30)28-14-7-8-18(28)16-13-24-22-12-17(26-29(22)20(16)11-14)15-5-3-4-6-21(15)31-2/h3-6,9-10,12-14,18H,7-8,11H2,1-2H3. The summed E-state index contributed by atoms with van der Waals surface area (Å²) in [6.07, 6.45) is 6.27. The van der Waals surface area contributed by atoms with Crippen molar-refractivity contribution in [3.05, 3.63) is 65.7 Å². The lowest BCUT2D eigenvalue weighted by Crippen LogP contribution is -2.43. The molecule has 1 amide bonds. The Bertz CT molecular complexity index is 1320. The summed E-state index contributed by atoms with van der Waals surface area (Å²) in [6.45, 7) is 0. The van der Waals surface area contributed by atoms with Gasteiger partial charge in [0, 0.05) is 49.1 Å². The first-order valence-electron chi connectivity index (χ1n) is 10.5. The number of amides is 1. The number of hydrogen-bond donors (Lipinski definition) is 0. The normalized spacial score (nSPS) is 19.6. The Morgan fingerprint density at radius 3 is 2.87 bits per heavy atom. The third kappa shape index (κ3) is 2.60. The fraction of sp³-hybridized carbons (Fsp3) is 0.304. The number of aromatic nitrogens is 5. The predicted molar refractivity (Wildman–Crippen MR) is 114 cm³/mol. The van der Waals surface area contributed by atoms with Crippen molar-refractivity contribution in [2.75, 3.05) is 7.11 Å². The highest BCUT2D eigenvalue weighted by Gasteiger charge is 2.44. The molecule has 0 N–H and O–H groups in total. The van der Waals surface area contributed by atoms with Crippen LogP contribution in [0, 0.1) is 0 Å². The number of para-hydroxylation sites is 1. The number of aryl methyl sites for hydroxylation is 1. The van der Waals surface area contributed by atoms with E-state index < -0.39 is 0 Å². The zero-order chi connectivity index (χ0) is 21.1. The molecular weight excluding hydrogens is 392 g/mol. The highest BCUT2D eigenvalue weighted by Crippen LogP contribution is 2.44. The van der Waals surface area contributed by atoms with Crippen LogP contribution in [0.1, 0.15) is 40.6 Å². The van der Waals surface area contributed by atoms with Crippen molar-refractivity contribution in [3.8, 4) is 17.0 Å². The number of carbonyl (C=O) groups excluding carboxylic acids is 1. The molecule has 2 aliphatic rings. The van der Waals surface area contributed by atoms with E-state index in [-0.39, 0.29) is 18.0 Å². The molecule has 156 valence electrons. The van der Waals surface area contributed by atoms with Crippen molar-refractivity contribution >= 4 is 11.6 Å². The monoisotopic (exact) mass is 414 g/mol. The van der Waals surface area contributed by atoms with Gasteiger partial charge in [0.25, 0.3) is 5.91 Å². The molecule has 2 bridgehead atoms. The van der Waals surface area contributed by atoms with Crippen LogP contribution in [0.5, 0.6) is 5.75 Å². The number of carbonyl (C=O) groups is 1. The van der Waals surface area contributed by atoms with Crippen LogP contribution in [0.3, 0.4) is 0 Å².